The Morgan fingerprint density at radius 1 is 0.714 bits per heavy atom. The molecule has 0 saturated heterocycles. The van der Waals surface area contributed by atoms with E-state index < -0.39 is 0 Å². The third-order valence-corrected chi connectivity index (χ3v) is 2.81. The summed E-state index contributed by atoms with van der Waals surface area (Å²) in [5.74, 6) is 0. The van der Waals surface area contributed by atoms with Gasteiger partial charge < -0.3 is 0 Å². The van der Waals surface area contributed by atoms with Crippen molar-refractivity contribution in [2.24, 2.45) is 0 Å². The summed E-state index contributed by atoms with van der Waals surface area (Å²) in [5, 5.41) is 0. The van der Waals surface area contributed by atoms with Gasteiger partial charge in [-0.2, -0.15) is 0 Å². The van der Waals surface area contributed by atoms with Crippen LogP contribution in [-0.4, -0.2) is 6.54 Å². The molecule has 0 aromatic heterocycles. The molecule has 0 heterocycles. The maximum atomic E-state index is 5.36. The van der Waals surface area contributed by atoms with Gasteiger partial charge in [-0.15, -0.1) is 0 Å². The highest BCUT2D eigenvalue weighted by Crippen LogP contribution is 2.10. The standard InChI is InChI=1S/C12H26ClN/c1-2-3-4-5-6-7-8-9-10-11-12-14-13/h14H,2-12H2,1H3. The molecule has 0 spiro atoms. The summed E-state index contributed by atoms with van der Waals surface area (Å²) in [4.78, 5) is 2.67. The summed E-state index contributed by atoms with van der Waals surface area (Å²) in [6.07, 6.45) is 13.9. The van der Waals surface area contributed by atoms with Crippen molar-refractivity contribution in [1.29, 1.82) is 0 Å². The molecule has 0 saturated carbocycles. The van der Waals surface area contributed by atoms with E-state index in [1.54, 1.807) is 0 Å². The molecule has 0 fully saturated rings. The second kappa shape index (κ2) is 13.2. The van der Waals surface area contributed by atoms with E-state index in [4.69, 9.17) is 11.8 Å². The first-order valence-electron chi connectivity index (χ1n) is 6.25. The predicted molar refractivity (Wildman–Crippen MR) is 65.7 cm³/mol. The third-order valence-electron chi connectivity index (χ3n) is 2.62. The maximum absolute atomic E-state index is 5.36. The lowest BCUT2D eigenvalue weighted by molar-refractivity contribution is 0.556. The van der Waals surface area contributed by atoms with Crippen LogP contribution in [-0.2, 0) is 0 Å². The van der Waals surface area contributed by atoms with Crippen molar-refractivity contribution in [3.63, 3.8) is 0 Å². The number of unbranched alkanes of at least 4 members (excludes halogenated alkanes) is 9. The van der Waals surface area contributed by atoms with Crippen molar-refractivity contribution in [1.82, 2.24) is 4.84 Å². The Morgan fingerprint density at radius 2 is 1.14 bits per heavy atom. The van der Waals surface area contributed by atoms with Crippen LogP contribution in [0.2, 0.25) is 0 Å². The molecule has 0 aliphatic heterocycles. The summed E-state index contributed by atoms with van der Waals surface area (Å²) in [5.41, 5.74) is 0. The molecule has 1 N–H and O–H groups in total. The lowest BCUT2D eigenvalue weighted by Gasteiger charge is -2.01. The Hall–Kier alpha value is 0.250. The van der Waals surface area contributed by atoms with Gasteiger partial charge in [0, 0.05) is 6.54 Å². The topological polar surface area (TPSA) is 12.0 Å². The number of halogens is 1. The summed E-state index contributed by atoms with van der Waals surface area (Å²) in [7, 11) is 0. The molecule has 0 aliphatic carbocycles. The average molecular weight is 220 g/mol. The quantitative estimate of drug-likeness (QED) is 0.394. The number of hydrogen-bond donors (Lipinski definition) is 1. The van der Waals surface area contributed by atoms with Crippen LogP contribution in [0.5, 0.6) is 0 Å². The van der Waals surface area contributed by atoms with Gasteiger partial charge in [-0.1, -0.05) is 64.7 Å². The zero-order chi connectivity index (χ0) is 10.5. The highest BCUT2D eigenvalue weighted by Gasteiger charge is 1.91. The third kappa shape index (κ3) is 12.2. The van der Waals surface area contributed by atoms with E-state index in [1.807, 2.05) is 0 Å². The van der Waals surface area contributed by atoms with Crippen molar-refractivity contribution in [2.75, 3.05) is 6.54 Å². The number of rotatable bonds is 11. The van der Waals surface area contributed by atoms with Gasteiger partial charge in [0.05, 0.1) is 0 Å². The second-order valence-corrected chi connectivity index (χ2v) is 4.33. The van der Waals surface area contributed by atoms with Gasteiger partial charge in [-0.3, -0.25) is 0 Å². The van der Waals surface area contributed by atoms with Crippen LogP contribution in [0.1, 0.15) is 71.1 Å². The van der Waals surface area contributed by atoms with Crippen molar-refractivity contribution < 1.29 is 0 Å². The highest BCUT2D eigenvalue weighted by atomic mass is 35.5. The van der Waals surface area contributed by atoms with Crippen LogP contribution in [0.4, 0.5) is 0 Å². The van der Waals surface area contributed by atoms with E-state index in [2.05, 4.69) is 11.8 Å². The summed E-state index contributed by atoms with van der Waals surface area (Å²) in [6.45, 7) is 3.23. The summed E-state index contributed by atoms with van der Waals surface area (Å²) >= 11 is 5.36. The van der Waals surface area contributed by atoms with Gasteiger partial charge in [0.15, 0.2) is 0 Å². The van der Waals surface area contributed by atoms with Crippen molar-refractivity contribution in [3.05, 3.63) is 0 Å². The Bertz CT molecular complexity index is 84.3. The fourth-order valence-corrected chi connectivity index (χ4v) is 1.81. The molecule has 14 heavy (non-hydrogen) atoms. The Morgan fingerprint density at radius 3 is 1.57 bits per heavy atom. The molecule has 0 aromatic rings. The van der Waals surface area contributed by atoms with Crippen molar-refractivity contribution >= 4 is 11.8 Å². The molecule has 0 rings (SSSR count). The van der Waals surface area contributed by atoms with Crippen LogP contribution in [0.3, 0.4) is 0 Å². The lowest BCUT2D eigenvalue weighted by Crippen LogP contribution is -1.99. The van der Waals surface area contributed by atoms with E-state index in [0.29, 0.717) is 0 Å². The molecule has 0 radical (unpaired) electrons. The molecule has 0 aromatic carbocycles. The van der Waals surface area contributed by atoms with Crippen LogP contribution in [0, 0.1) is 0 Å². The average Bonchev–Trinajstić information content (AvgIpc) is 2.21. The Kier molecular flexibility index (Phi) is 13.5. The molecule has 0 atom stereocenters. The minimum absolute atomic E-state index is 0.956. The van der Waals surface area contributed by atoms with E-state index in [-0.39, 0.29) is 0 Å². The van der Waals surface area contributed by atoms with E-state index >= 15 is 0 Å². The summed E-state index contributed by atoms with van der Waals surface area (Å²) in [6, 6.07) is 0. The monoisotopic (exact) mass is 219 g/mol. The van der Waals surface area contributed by atoms with E-state index in [1.165, 1.54) is 64.2 Å². The molecular formula is C12H26ClN. The van der Waals surface area contributed by atoms with Gasteiger partial charge in [0.1, 0.15) is 0 Å². The fourth-order valence-electron chi connectivity index (χ4n) is 1.68. The molecule has 0 bridgehead atoms. The minimum atomic E-state index is 0.956. The molecule has 0 unspecified atom stereocenters. The van der Waals surface area contributed by atoms with E-state index in [0.717, 1.165) is 6.54 Å². The highest BCUT2D eigenvalue weighted by molar-refractivity contribution is 6.13. The minimum Gasteiger partial charge on any atom is -0.234 e. The largest absolute Gasteiger partial charge is 0.234 e. The second-order valence-electron chi connectivity index (χ2n) is 4.07. The van der Waals surface area contributed by atoms with Crippen LogP contribution >= 0.6 is 11.8 Å². The first kappa shape index (κ1) is 14.2. The Labute approximate surface area is 94.7 Å². The van der Waals surface area contributed by atoms with Crippen LogP contribution in [0.25, 0.3) is 0 Å². The molecule has 2 heteroatoms. The van der Waals surface area contributed by atoms with Gasteiger partial charge in [-0.05, 0) is 18.2 Å². The van der Waals surface area contributed by atoms with Crippen LogP contribution < -0.4 is 4.84 Å². The molecule has 0 amide bonds. The lowest BCUT2D eigenvalue weighted by atomic mass is 10.1. The summed E-state index contributed by atoms with van der Waals surface area (Å²) < 4.78 is 0. The molecule has 0 aliphatic rings. The zero-order valence-corrected chi connectivity index (χ0v) is 10.4. The first-order chi connectivity index (χ1) is 6.91. The van der Waals surface area contributed by atoms with Crippen molar-refractivity contribution in [3.8, 4) is 0 Å². The van der Waals surface area contributed by atoms with Gasteiger partial charge in [0.25, 0.3) is 0 Å². The predicted octanol–water partition coefficient (Wildman–Crippen LogP) is 4.65. The molecule has 1 nitrogen and oxygen atoms in total. The number of nitrogens with one attached hydrogen (secondary N) is 1. The first-order valence-corrected chi connectivity index (χ1v) is 6.63. The zero-order valence-electron chi connectivity index (χ0n) is 9.66. The molecular weight excluding hydrogens is 194 g/mol. The van der Waals surface area contributed by atoms with Crippen molar-refractivity contribution in [2.45, 2.75) is 71.1 Å². The maximum Gasteiger partial charge on any atom is 0.0108 e. The van der Waals surface area contributed by atoms with Gasteiger partial charge in [0.2, 0.25) is 0 Å². The smallest absolute Gasteiger partial charge is 0.0108 e. The van der Waals surface area contributed by atoms with Gasteiger partial charge >= 0.3 is 0 Å². The van der Waals surface area contributed by atoms with Gasteiger partial charge in [-0.25, -0.2) is 4.84 Å². The fraction of sp³-hybridized carbons (Fsp3) is 1.00. The SMILES string of the molecule is CCCCCCCCCCCCNCl. The van der Waals surface area contributed by atoms with E-state index in [9.17, 15) is 0 Å². The Balaban J connectivity index is 2.78. The number of hydrogen-bond acceptors (Lipinski definition) is 1. The normalized spacial score (nSPS) is 10.7. The molecule has 86 valence electrons. The van der Waals surface area contributed by atoms with Crippen LogP contribution in [0.15, 0.2) is 0 Å².